The Morgan fingerprint density at radius 2 is 1.84 bits per heavy atom. The molecule has 96 valence electrons. The second-order valence-corrected chi connectivity index (χ2v) is 4.01. The molecule has 1 amide bonds. The summed E-state index contributed by atoms with van der Waals surface area (Å²) < 4.78 is 0. The molecule has 1 heterocycles. The lowest BCUT2D eigenvalue weighted by Gasteiger charge is -2.04. The minimum absolute atomic E-state index is 0.0571. The van der Waals surface area contributed by atoms with Gasteiger partial charge in [0.05, 0.1) is 18.4 Å². The molecule has 0 fully saturated rings. The van der Waals surface area contributed by atoms with Crippen molar-refractivity contribution in [3.63, 3.8) is 0 Å². The van der Waals surface area contributed by atoms with Gasteiger partial charge in [0, 0.05) is 11.8 Å². The van der Waals surface area contributed by atoms with Gasteiger partial charge in [-0.25, -0.2) is 4.98 Å². The van der Waals surface area contributed by atoms with Crippen LogP contribution in [0.2, 0.25) is 0 Å². The van der Waals surface area contributed by atoms with Crippen LogP contribution in [0.4, 0.5) is 0 Å². The zero-order valence-corrected chi connectivity index (χ0v) is 10.5. The fraction of sp³-hybridized carbons (Fsp3) is 0.143. The van der Waals surface area contributed by atoms with Gasteiger partial charge < -0.3 is 5.32 Å². The van der Waals surface area contributed by atoms with Gasteiger partial charge in [0.15, 0.2) is 5.78 Å². The van der Waals surface area contributed by atoms with E-state index < -0.39 is 5.91 Å². The monoisotopic (exact) mass is 255 g/mol. The van der Waals surface area contributed by atoms with E-state index in [1.165, 1.54) is 12.4 Å². The van der Waals surface area contributed by atoms with Crippen molar-refractivity contribution in [3.05, 3.63) is 59.7 Å². The Kier molecular flexibility index (Phi) is 3.97. The number of aryl methyl sites for hydroxylation is 1. The molecule has 0 saturated heterocycles. The van der Waals surface area contributed by atoms with Gasteiger partial charge in [-0.05, 0) is 6.92 Å². The van der Waals surface area contributed by atoms with Crippen LogP contribution in [-0.2, 0) is 0 Å². The Bertz CT molecular complexity index is 579. The molecule has 5 heteroatoms. The molecule has 0 aliphatic heterocycles. The van der Waals surface area contributed by atoms with Gasteiger partial charge >= 0.3 is 0 Å². The number of ketones is 1. The van der Waals surface area contributed by atoms with Gasteiger partial charge in [0.2, 0.25) is 0 Å². The summed E-state index contributed by atoms with van der Waals surface area (Å²) in [5, 5.41) is 2.53. The quantitative estimate of drug-likeness (QED) is 0.838. The standard InChI is InChI=1S/C14H13N3O2/c1-10-7-16-12(8-15-10)14(19)17-9-13(18)11-5-3-2-4-6-11/h2-8H,9H2,1H3,(H,17,19). The molecule has 1 N–H and O–H groups in total. The SMILES string of the molecule is Cc1cnc(C(=O)NCC(=O)c2ccccc2)cn1. The lowest BCUT2D eigenvalue weighted by molar-refractivity contribution is 0.0900. The van der Waals surface area contributed by atoms with E-state index in [-0.39, 0.29) is 18.0 Å². The van der Waals surface area contributed by atoms with Crippen molar-refractivity contribution >= 4 is 11.7 Å². The molecule has 0 saturated carbocycles. The fourth-order valence-corrected chi connectivity index (χ4v) is 1.49. The average Bonchev–Trinajstić information content (AvgIpc) is 2.46. The van der Waals surface area contributed by atoms with Gasteiger partial charge in [0.25, 0.3) is 5.91 Å². The average molecular weight is 255 g/mol. The molecular weight excluding hydrogens is 242 g/mol. The van der Waals surface area contributed by atoms with E-state index in [9.17, 15) is 9.59 Å². The topological polar surface area (TPSA) is 72.0 Å². The number of hydrogen-bond donors (Lipinski definition) is 1. The minimum atomic E-state index is -0.406. The molecular formula is C14H13N3O2. The maximum absolute atomic E-state index is 11.8. The Labute approximate surface area is 110 Å². The number of rotatable bonds is 4. The predicted octanol–water partition coefficient (Wildman–Crippen LogP) is 1.40. The summed E-state index contributed by atoms with van der Waals surface area (Å²) in [6.07, 6.45) is 2.89. The zero-order chi connectivity index (χ0) is 13.7. The van der Waals surface area contributed by atoms with Crippen molar-refractivity contribution < 1.29 is 9.59 Å². The second-order valence-electron chi connectivity index (χ2n) is 4.01. The first-order valence-electron chi connectivity index (χ1n) is 5.82. The van der Waals surface area contributed by atoms with Gasteiger partial charge in [-0.15, -0.1) is 0 Å². The second kappa shape index (κ2) is 5.86. The van der Waals surface area contributed by atoms with Crippen LogP contribution in [-0.4, -0.2) is 28.2 Å². The first kappa shape index (κ1) is 12.9. The van der Waals surface area contributed by atoms with Gasteiger partial charge in [-0.3, -0.25) is 14.6 Å². The summed E-state index contributed by atoms with van der Waals surface area (Å²) in [4.78, 5) is 31.4. The third-order valence-corrected chi connectivity index (χ3v) is 2.52. The molecule has 0 radical (unpaired) electrons. The summed E-state index contributed by atoms with van der Waals surface area (Å²) in [6.45, 7) is 1.73. The number of hydrogen-bond acceptors (Lipinski definition) is 4. The predicted molar refractivity (Wildman–Crippen MR) is 69.9 cm³/mol. The smallest absolute Gasteiger partial charge is 0.271 e. The maximum Gasteiger partial charge on any atom is 0.271 e. The number of benzene rings is 1. The van der Waals surface area contributed by atoms with Crippen molar-refractivity contribution in [1.82, 2.24) is 15.3 Å². The Hall–Kier alpha value is -2.56. The Morgan fingerprint density at radius 3 is 2.47 bits per heavy atom. The first-order valence-corrected chi connectivity index (χ1v) is 5.82. The summed E-state index contributed by atoms with van der Waals surface area (Å²) in [7, 11) is 0. The summed E-state index contributed by atoms with van der Waals surface area (Å²) in [5.74, 6) is -0.550. The van der Waals surface area contributed by atoms with Crippen LogP contribution in [0, 0.1) is 6.92 Å². The van der Waals surface area contributed by atoms with Gasteiger partial charge in [-0.1, -0.05) is 30.3 Å². The number of nitrogens with one attached hydrogen (secondary N) is 1. The van der Waals surface area contributed by atoms with Crippen LogP contribution in [0.15, 0.2) is 42.7 Å². The van der Waals surface area contributed by atoms with Gasteiger partial charge in [-0.2, -0.15) is 0 Å². The highest BCUT2D eigenvalue weighted by atomic mass is 16.2. The van der Waals surface area contributed by atoms with Crippen molar-refractivity contribution in [2.24, 2.45) is 0 Å². The highest BCUT2D eigenvalue weighted by Gasteiger charge is 2.10. The maximum atomic E-state index is 11.8. The van der Waals surface area contributed by atoms with Crippen LogP contribution in [0.5, 0.6) is 0 Å². The fourth-order valence-electron chi connectivity index (χ4n) is 1.49. The van der Waals surface area contributed by atoms with E-state index in [0.717, 1.165) is 5.69 Å². The molecule has 19 heavy (non-hydrogen) atoms. The lowest BCUT2D eigenvalue weighted by Crippen LogP contribution is -2.30. The molecule has 0 atom stereocenters. The molecule has 0 spiro atoms. The molecule has 1 aromatic heterocycles. The van der Waals surface area contributed by atoms with Crippen LogP contribution < -0.4 is 5.32 Å². The molecule has 2 aromatic rings. The zero-order valence-electron chi connectivity index (χ0n) is 10.5. The molecule has 0 unspecified atom stereocenters. The van der Waals surface area contributed by atoms with Crippen molar-refractivity contribution in [1.29, 1.82) is 0 Å². The highest BCUT2D eigenvalue weighted by molar-refractivity contribution is 6.01. The van der Waals surface area contributed by atoms with Crippen molar-refractivity contribution in [3.8, 4) is 0 Å². The number of aromatic nitrogens is 2. The molecule has 1 aromatic carbocycles. The summed E-state index contributed by atoms with van der Waals surface area (Å²) >= 11 is 0. The minimum Gasteiger partial charge on any atom is -0.343 e. The van der Waals surface area contributed by atoms with E-state index in [2.05, 4.69) is 15.3 Å². The summed E-state index contributed by atoms with van der Waals surface area (Å²) in [6, 6.07) is 8.80. The number of amides is 1. The number of Topliss-reactive ketones (excluding diaryl/α,β-unsaturated/α-hetero) is 1. The largest absolute Gasteiger partial charge is 0.343 e. The van der Waals surface area contributed by atoms with E-state index in [1.54, 1.807) is 31.2 Å². The number of carbonyl (C=O) groups is 2. The van der Waals surface area contributed by atoms with Crippen molar-refractivity contribution in [2.75, 3.05) is 6.54 Å². The van der Waals surface area contributed by atoms with E-state index in [0.29, 0.717) is 5.56 Å². The van der Waals surface area contributed by atoms with E-state index >= 15 is 0 Å². The van der Waals surface area contributed by atoms with E-state index in [1.807, 2.05) is 6.07 Å². The van der Waals surface area contributed by atoms with Crippen molar-refractivity contribution in [2.45, 2.75) is 6.92 Å². The Morgan fingerprint density at radius 1 is 1.11 bits per heavy atom. The van der Waals surface area contributed by atoms with Crippen LogP contribution in [0.3, 0.4) is 0 Å². The Balaban J connectivity index is 1.94. The molecule has 5 nitrogen and oxygen atoms in total. The number of nitrogens with zero attached hydrogens (tertiary/aromatic N) is 2. The first-order chi connectivity index (χ1) is 9.16. The van der Waals surface area contributed by atoms with Gasteiger partial charge in [0.1, 0.15) is 5.69 Å². The molecule has 2 rings (SSSR count). The summed E-state index contributed by atoms with van der Waals surface area (Å²) in [5.41, 5.74) is 1.50. The third-order valence-electron chi connectivity index (χ3n) is 2.52. The molecule has 0 bridgehead atoms. The van der Waals surface area contributed by atoms with Crippen LogP contribution in [0.25, 0.3) is 0 Å². The normalized spacial score (nSPS) is 9.95. The van der Waals surface area contributed by atoms with E-state index in [4.69, 9.17) is 0 Å². The van der Waals surface area contributed by atoms with Crippen LogP contribution in [0.1, 0.15) is 26.5 Å². The lowest BCUT2D eigenvalue weighted by atomic mass is 10.1. The molecule has 0 aliphatic rings. The third kappa shape index (κ3) is 3.45. The van der Waals surface area contributed by atoms with Crippen LogP contribution >= 0.6 is 0 Å². The highest BCUT2D eigenvalue weighted by Crippen LogP contribution is 1.99. The number of carbonyl (C=O) groups excluding carboxylic acids is 2. The molecule has 0 aliphatic carbocycles.